The first-order valence-corrected chi connectivity index (χ1v) is 6.93. The van der Waals surface area contributed by atoms with Crippen molar-refractivity contribution < 1.29 is 0 Å². The summed E-state index contributed by atoms with van der Waals surface area (Å²) in [7, 11) is 0. The highest BCUT2D eigenvalue weighted by molar-refractivity contribution is 5.87. The number of benzene rings is 2. The van der Waals surface area contributed by atoms with Crippen LogP contribution in [0.25, 0.3) is 5.57 Å². The number of nitrogens with two attached hydrogens (primary N) is 2. The van der Waals surface area contributed by atoms with Crippen LogP contribution in [0.2, 0.25) is 0 Å². The summed E-state index contributed by atoms with van der Waals surface area (Å²) in [5, 5.41) is 0. The predicted molar refractivity (Wildman–Crippen MR) is 86.6 cm³/mol. The molecule has 0 bridgehead atoms. The summed E-state index contributed by atoms with van der Waals surface area (Å²) >= 11 is 0. The fourth-order valence-electron chi connectivity index (χ4n) is 3.33. The summed E-state index contributed by atoms with van der Waals surface area (Å²) in [5.74, 6) is 0.299. The van der Waals surface area contributed by atoms with Crippen molar-refractivity contribution in [3.05, 3.63) is 64.2 Å². The van der Waals surface area contributed by atoms with Gasteiger partial charge in [-0.1, -0.05) is 35.9 Å². The summed E-state index contributed by atoms with van der Waals surface area (Å²) in [4.78, 5) is 0. The number of rotatable bonds is 1. The molecule has 0 fully saturated rings. The van der Waals surface area contributed by atoms with Gasteiger partial charge >= 0.3 is 0 Å². The molecular formula is C18H20N2. The quantitative estimate of drug-likeness (QED) is 0.762. The highest BCUT2D eigenvalue weighted by Crippen LogP contribution is 2.48. The number of anilines is 2. The highest BCUT2D eigenvalue weighted by Gasteiger charge is 2.30. The molecule has 1 aliphatic carbocycles. The van der Waals surface area contributed by atoms with E-state index in [9.17, 15) is 0 Å². The Hall–Kier alpha value is -2.22. The van der Waals surface area contributed by atoms with Gasteiger partial charge in [0.05, 0.1) is 11.4 Å². The minimum absolute atomic E-state index is 0.299. The van der Waals surface area contributed by atoms with E-state index in [0.29, 0.717) is 17.3 Å². The first-order valence-electron chi connectivity index (χ1n) is 6.93. The van der Waals surface area contributed by atoms with Gasteiger partial charge in [-0.05, 0) is 54.7 Å². The lowest BCUT2D eigenvalue weighted by Gasteiger charge is -2.17. The summed E-state index contributed by atoms with van der Waals surface area (Å²) in [6.07, 6.45) is 0. The van der Waals surface area contributed by atoms with Crippen LogP contribution >= 0.6 is 0 Å². The maximum atomic E-state index is 6.10. The molecule has 0 saturated carbocycles. The van der Waals surface area contributed by atoms with Crippen molar-refractivity contribution in [1.82, 2.24) is 0 Å². The molecule has 0 aliphatic heterocycles. The van der Waals surface area contributed by atoms with Crippen LogP contribution in [0.3, 0.4) is 0 Å². The smallest absolute Gasteiger partial charge is 0.0583 e. The zero-order valence-corrected chi connectivity index (χ0v) is 12.2. The molecule has 4 N–H and O–H groups in total. The molecule has 0 spiro atoms. The lowest BCUT2D eigenvalue weighted by Crippen LogP contribution is -2.05. The van der Waals surface area contributed by atoms with E-state index in [2.05, 4.69) is 51.1 Å². The average Bonchev–Trinajstić information content (AvgIpc) is 2.69. The van der Waals surface area contributed by atoms with Gasteiger partial charge in [0, 0.05) is 5.92 Å². The molecule has 0 heterocycles. The molecule has 2 nitrogen and oxygen atoms in total. The van der Waals surface area contributed by atoms with Crippen LogP contribution in [-0.2, 0) is 0 Å². The summed E-state index contributed by atoms with van der Waals surface area (Å²) in [5.41, 5.74) is 21.3. The molecule has 2 aromatic carbocycles. The molecule has 20 heavy (non-hydrogen) atoms. The molecule has 1 unspecified atom stereocenters. The Bertz CT molecular complexity index is 712. The molecule has 0 saturated heterocycles. The van der Waals surface area contributed by atoms with Crippen molar-refractivity contribution in [3.63, 3.8) is 0 Å². The summed E-state index contributed by atoms with van der Waals surface area (Å²) in [6.45, 7) is 6.45. The van der Waals surface area contributed by atoms with Gasteiger partial charge in [0.1, 0.15) is 0 Å². The minimum Gasteiger partial charge on any atom is -0.397 e. The topological polar surface area (TPSA) is 52.0 Å². The molecule has 102 valence electrons. The minimum atomic E-state index is 0.299. The van der Waals surface area contributed by atoms with E-state index in [1.54, 1.807) is 0 Å². The number of fused-ring (bicyclic) bond motifs is 1. The first-order chi connectivity index (χ1) is 9.52. The lowest BCUT2D eigenvalue weighted by atomic mass is 9.88. The van der Waals surface area contributed by atoms with Gasteiger partial charge in [0.25, 0.3) is 0 Å². The molecule has 1 atom stereocenters. The molecule has 0 radical (unpaired) electrons. The van der Waals surface area contributed by atoms with Gasteiger partial charge in [-0.15, -0.1) is 0 Å². The van der Waals surface area contributed by atoms with Crippen LogP contribution in [0.5, 0.6) is 0 Å². The molecule has 1 aliphatic rings. The van der Waals surface area contributed by atoms with Crippen LogP contribution in [0.15, 0.2) is 42.0 Å². The Labute approximate surface area is 120 Å². The number of hydrogen-bond acceptors (Lipinski definition) is 2. The summed E-state index contributed by atoms with van der Waals surface area (Å²) in [6, 6.07) is 12.6. The van der Waals surface area contributed by atoms with Crippen LogP contribution < -0.4 is 11.5 Å². The molecule has 3 rings (SSSR count). The van der Waals surface area contributed by atoms with Crippen LogP contribution in [0.1, 0.15) is 42.0 Å². The van der Waals surface area contributed by atoms with E-state index >= 15 is 0 Å². The van der Waals surface area contributed by atoms with Gasteiger partial charge in [-0.25, -0.2) is 0 Å². The van der Waals surface area contributed by atoms with Crippen molar-refractivity contribution in [2.75, 3.05) is 11.5 Å². The van der Waals surface area contributed by atoms with E-state index in [-0.39, 0.29) is 0 Å². The third-order valence-electron chi connectivity index (χ3n) is 4.53. The van der Waals surface area contributed by atoms with Gasteiger partial charge in [-0.2, -0.15) is 0 Å². The third kappa shape index (κ3) is 1.64. The molecule has 2 aromatic rings. The van der Waals surface area contributed by atoms with Crippen LogP contribution in [-0.4, -0.2) is 0 Å². The highest BCUT2D eigenvalue weighted by atomic mass is 14.7. The standard InChI is InChI=1S/C18H20N2/c1-10-11(2)17(13-7-5-4-6-8-13)14-9-15(19)18(20)12(3)16(10)14/h4-9,17H,19-20H2,1-3H3. The Morgan fingerprint density at radius 2 is 1.60 bits per heavy atom. The normalized spacial score (nSPS) is 17.4. The van der Waals surface area contributed by atoms with Crippen molar-refractivity contribution in [2.45, 2.75) is 26.7 Å². The van der Waals surface area contributed by atoms with E-state index in [1.807, 2.05) is 6.07 Å². The van der Waals surface area contributed by atoms with Crippen molar-refractivity contribution in [2.24, 2.45) is 0 Å². The Morgan fingerprint density at radius 1 is 0.950 bits per heavy atom. The van der Waals surface area contributed by atoms with Gasteiger partial charge in [0.2, 0.25) is 0 Å². The molecule has 0 amide bonds. The molecule has 0 aromatic heterocycles. The van der Waals surface area contributed by atoms with Gasteiger partial charge in [0.15, 0.2) is 0 Å². The Morgan fingerprint density at radius 3 is 2.25 bits per heavy atom. The van der Waals surface area contributed by atoms with Crippen LogP contribution in [0.4, 0.5) is 11.4 Å². The van der Waals surface area contributed by atoms with Crippen molar-refractivity contribution in [1.29, 1.82) is 0 Å². The zero-order chi connectivity index (χ0) is 14.4. The second-order valence-corrected chi connectivity index (χ2v) is 5.62. The number of nitrogen functional groups attached to an aromatic ring is 2. The number of hydrogen-bond donors (Lipinski definition) is 2. The average molecular weight is 264 g/mol. The maximum Gasteiger partial charge on any atom is 0.0583 e. The zero-order valence-electron chi connectivity index (χ0n) is 12.2. The van der Waals surface area contributed by atoms with Crippen LogP contribution in [0, 0.1) is 6.92 Å². The van der Waals surface area contributed by atoms with E-state index in [1.165, 1.54) is 27.8 Å². The second kappa shape index (κ2) is 4.41. The fourth-order valence-corrected chi connectivity index (χ4v) is 3.33. The Balaban J connectivity index is 2.29. The van der Waals surface area contributed by atoms with E-state index < -0.39 is 0 Å². The fraction of sp³-hybridized carbons (Fsp3) is 0.222. The number of allylic oxidation sites excluding steroid dienone is 2. The van der Waals surface area contributed by atoms with E-state index in [0.717, 1.165) is 5.56 Å². The van der Waals surface area contributed by atoms with Gasteiger partial charge in [-0.3, -0.25) is 0 Å². The predicted octanol–water partition coefficient (Wildman–Crippen LogP) is 4.10. The van der Waals surface area contributed by atoms with Crippen molar-refractivity contribution >= 4 is 16.9 Å². The Kier molecular flexibility index (Phi) is 2.82. The second-order valence-electron chi connectivity index (χ2n) is 5.62. The largest absolute Gasteiger partial charge is 0.397 e. The van der Waals surface area contributed by atoms with Crippen molar-refractivity contribution in [3.8, 4) is 0 Å². The van der Waals surface area contributed by atoms with E-state index in [4.69, 9.17) is 11.5 Å². The SMILES string of the molecule is CC1=C(C)C(c2ccccc2)c2cc(N)c(N)c(C)c21. The van der Waals surface area contributed by atoms with Gasteiger partial charge < -0.3 is 11.5 Å². The summed E-state index contributed by atoms with van der Waals surface area (Å²) < 4.78 is 0. The lowest BCUT2D eigenvalue weighted by molar-refractivity contribution is 0.974. The third-order valence-corrected chi connectivity index (χ3v) is 4.53. The molecular weight excluding hydrogens is 244 g/mol. The monoisotopic (exact) mass is 264 g/mol. The maximum absolute atomic E-state index is 6.10. The first kappa shape index (κ1) is 12.8. The molecule has 2 heteroatoms.